The Morgan fingerprint density at radius 3 is 2.71 bits per heavy atom. The van der Waals surface area contributed by atoms with E-state index in [-0.39, 0.29) is 16.6 Å². The second-order valence-corrected chi connectivity index (χ2v) is 4.43. The highest BCUT2D eigenvalue weighted by Gasteiger charge is 2.15. The Kier molecular flexibility index (Phi) is 4.96. The highest BCUT2D eigenvalue weighted by atomic mass is 35.5. The molecule has 1 heterocycles. The second kappa shape index (κ2) is 6.02. The Bertz CT molecular complexity index is 430. The van der Waals surface area contributed by atoms with Gasteiger partial charge < -0.3 is 10.6 Å². The molecule has 0 amide bonds. The zero-order valence-electron chi connectivity index (χ0n) is 10.5. The van der Waals surface area contributed by atoms with Gasteiger partial charge >= 0.3 is 0 Å². The van der Waals surface area contributed by atoms with E-state index in [4.69, 9.17) is 17.3 Å². The molecule has 6 heteroatoms. The van der Waals surface area contributed by atoms with E-state index in [0.29, 0.717) is 18.8 Å². The number of nitrogens with two attached hydrogens (primary N) is 1. The third-order valence-corrected chi connectivity index (χ3v) is 2.89. The normalized spacial score (nSPS) is 10.9. The fraction of sp³-hybridized carbons (Fsp3) is 0.636. The third-order valence-electron chi connectivity index (χ3n) is 2.54. The van der Waals surface area contributed by atoms with Crippen molar-refractivity contribution in [1.82, 2.24) is 9.78 Å². The van der Waals surface area contributed by atoms with Crippen molar-refractivity contribution in [1.29, 1.82) is 0 Å². The molecule has 17 heavy (non-hydrogen) atoms. The minimum absolute atomic E-state index is 0.00126. The number of hydrogen-bond acceptors (Lipinski definition) is 4. The van der Waals surface area contributed by atoms with E-state index in [9.17, 15) is 4.79 Å². The van der Waals surface area contributed by atoms with Crippen LogP contribution < -0.4 is 16.2 Å². The Balaban J connectivity index is 3.20. The molecule has 1 rings (SSSR count). The number of hydrogen-bond donors (Lipinski definition) is 1. The van der Waals surface area contributed by atoms with Gasteiger partial charge in [-0.25, -0.2) is 4.68 Å². The maximum atomic E-state index is 12.0. The lowest BCUT2D eigenvalue weighted by Gasteiger charge is -2.23. The Hall–Kier alpha value is -1.07. The molecule has 0 unspecified atom stereocenters. The molecule has 5 nitrogen and oxygen atoms in total. The summed E-state index contributed by atoms with van der Waals surface area (Å²) in [5.74, 6) is 0. The average Bonchev–Trinajstić information content (AvgIpc) is 2.29. The molecule has 0 saturated heterocycles. The second-order valence-electron chi connectivity index (χ2n) is 4.06. The Morgan fingerprint density at radius 1 is 1.59 bits per heavy atom. The van der Waals surface area contributed by atoms with E-state index in [1.54, 1.807) is 6.20 Å². The van der Waals surface area contributed by atoms with Crippen LogP contribution in [0, 0.1) is 0 Å². The van der Waals surface area contributed by atoms with Crippen molar-refractivity contribution in [2.24, 2.45) is 5.73 Å². The lowest BCUT2D eigenvalue weighted by Crippen LogP contribution is -2.33. The standard InChI is InChI=1S/C11H19ClN4O/c1-4-15(6-5-13)9-7-14-16(8(2)3)11(17)10(9)12/h7-8H,4-6,13H2,1-3H3. The van der Waals surface area contributed by atoms with Gasteiger partial charge in [0.2, 0.25) is 0 Å². The molecule has 0 saturated carbocycles. The molecular formula is C11H19ClN4O. The van der Waals surface area contributed by atoms with E-state index < -0.39 is 0 Å². The molecule has 0 aliphatic heterocycles. The van der Waals surface area contributed by atoms with Gasteiger partial charge in [0.25, 0.3) is 5.56 Å². The van der Waals surface area contributed by atoms with Gasteiger partial charge in [-0.15, -0.1) is 0 Å². The molecule has 2 N–H and O–H groups in total. The van der Waals surface area contributed by atoms with Gasteiger partial charge in [0.15, 0.2) is 0 Å². The van der Waals surface area contributed by atoms with Crippen molar-refractivity contribution in [3.63, 3.8) is 0 Å². The average molecular weight is 259 g/mol. The lowest BCUT2D eigenvalue weighted by molar-refractivity contribution is 0.502. The molecule has 1 aromatic rings. The Labute approximate surface area is 106 Å². The van der Waals surface area contributed by atoms with Crippen LogP contribution >= 0.6 is 11.6 Å². The van der Waals surface area contributed by atoms with E-state index in [2.05, 4.69) is 5.10 Å². The molecule has 0 bridgehead atoms. The number of halogens is 1. The maximum absolute atomic E-state index is 12.0. The topological polar surface area (TPSA) is 64.2 Å². The van der Waals surface area contributed by atoms with Crippen LogP contribution in [0.1, 0.15) is 26.8 Å². The molecule has 0 aliphatic carbocycles. The van der Waals surface area contributed by atoms with Crippen molar-refractivity contribution < 1.29 is 0 Å². The summed E-state index contributed by atoms with van der Waals surface area (Å²) < 4.78 is 1.38. The largest absolute Gasteiger partial charge is 0.368 e. The fourth-order valence-electron chi connectivity index (χ4n) is 1.63. The van der Waals surface area contributed by atoms with Gasteiger partial charge in [-0.1, -0.05) is 11.6 Å². The van der Waals surface area contributed by atoms with Crippen LogP contribution in [-0.4, -0.2) is 29.4 Å². The van der Waals surface area contributed by atoms with E-state index in [1.807, 2.05) is 25.7 Å². The molecule has 0 spiro atoms. The third kappa shape index (κ3) is 2.98. The first kappa shape index (κ1) is 14.0. The molecule has 0 atom stereocenters. The first-order chi connectivity index (χ1) is 8.02. The van der Waals surface area contributed by atoms with Crippen LogP contribution in [0.15, 0.2) is 11.0 Å². The highest BCUT2D eigenvalue weighted by Crippen LogP contribution is 2.20. The lowest BCUT2D eigenvalue weighted by atomic mass is 10.3. The molecule has 0 aliphatic rings. The predicted molar refractivity (Wildman–Crippen MR) is 70.8 cm³/mol. The summed E-state index contributed by atoms with van der Waals surface area (Å²) in [7, 11) is 0. The van der Waals surface area contributed by atoms with Crippen LogP contribution in [0.2, 0.25) is 5.02 Å². The van der Waals surface area contributed by atoms with E-state index in [0.717, 1.165) is 6.54 Å². The fourth-order valence-corrected chi connectivity index (χ4v) is 1.88. The number of anilines is 1. The van der Waals surface area contributed by atoms with Crippen LogP contribution in [-0.2, 0) is 0 Å². The van der Waals surface area contributed by atoms with Gasteiger partial charge in [-0.3, -0.25) is 4.79 Å². The summed E-state index contributed by atoms with van der Waals surface area (Å²) in [5.41, 5.74) is 5.92. The van der Waals surface area contributed by atoms with Gasteiger partial charge in [0, 0.05) is 19.6 Å². The van der Waals surface area contributed by atoms with Crippen molar-refractivity contribution >= 4 is 17.3 Å². The van der Waals surface area contributed by atoms with Crippen molar-refractivity contribution in [2.75, 3.05) is 24.5 Å². The molecule has 1 aromatic heterocycles. The number of aromatic nitrogens is 2. The van der Waals surface area contributed by atoms with Crippen LogP contribution in [0.4, 0.5) is 5.69 Å². The minimum atomic E-state index is -0.255. The summed E-state index contributed by atoms with van der Waals surface area (Å²) in [6, 6.07) is -0.00126. The van der Waals surface area contributed by atoms with Crippen molar-refractivity contribution in [3.05, 3.63) is 21.6 Å². The first-order valence-electron chi connectivity index (χ1n) is 5.75. The highest BCUT2D eigenvalue weighted by molar-refractivity contribution is 6.33. The van der Waals surface area contributed by atoms with Crippen molar-refractivity contribution in [2.45, 2.75) is 26.8 Å². The van der Waals surface area contributed by atoms with Gasteiger partial charge in [-0.2, -0.15) is 5.10 Å². The molecule has 96 valence electrons. The minimum Gasteiger partial charge on any atom is -0.368 e. The van der Waals surface area contributed by atoms with Crippen LogP contribution in [0.3, 0.4) is 0 Å². The number of rotatable bonds is 5. The number of nitrogens with zero attached hydrogens (tertiary/aromatic N) is 3. The number of likely N-dealkylation sites (N-methyl/N-ethyl adjacent to an activating group) is 1. The maximum Gasteiger partial charge on any atom is 0.287 e. The van der Waals surface area contributed by atoms with E-state index in [1.165, 1.54) is 4.68 Å². The Morgan fingerprint density at radius 2 is 2.24 bits per heavy atom. The van der Waals surface area contributed by atoms with Crippen molar-refractivity contribution in [3.8, 4) is 0 Å². The molecule has 0 fully saturated rings. The summed E-state index contributed by atoms with van der Waals surface area (Å²) in [6.45, 7) is 7.67. The molecule has 0 radical (unpaired) electrons. The molecule has 0 aromatic carbocycles. The van der Waals surface area contributed by atoms with E-state index >= 15 is 0 Å². The first-order valence-corrected chi connectivity index (χ1v) is 6.13. The van der Waals surface area contributed by atoms with Gasteiger partial charge in [0.05, 0.1) is 17.9 Å². The zero-order chi connectivity index (χ0) is 13.0. The summed E-state index contributed by atoms with van der Waals surface area (Å²) in [6.07, 6.45) is 1.63. The summed E-state index contributed by atoms with van der Waals surface area (Å²) in [5, 5.41) is 4.34. The summed E-state index contributed by atoms with van der Waals surface area (Å²) >= 11 is 6.10. The predicted octanol–water partition coefficient (Wildman–Crippen LogP) is 1.26. The van der Waals surface area contributed by atoms with Crippen LogP contribution in [0.5, 0.6) is 0 Å². The SMILES string of the molecule is CCN(CCN)c1cnn(C(C)C)c(=O)c1Cl. The monoisotopic (exact) mass is 258 g/mol. The quantitative estimate of drug-likeness (QED) is 0.864. The van der Waals surface area contributed by atoms with Crippen LogP contribution in [0.25, 0.3) is 0 Å². The van der Waals surface area contributed by atoms with Gasteiger partial charge in [0.1, 0.15) is 5.02 Å². The molecular weight excluding hydrogens is 240 g/mol. The summed E-state index contributed by atoms with van der Waals surface area (Å²) in [4.78, 5) is 13.9. The van der Waals surface area contributed by atoms with Gasteiger partial charge in [-0.05, 0) is 20.8 Å². The zero-order valence-corrected chi connectivity index (χ0v) is 11.2. The smallest absolute Gasteiger partial charge is 0.287 e.